The zero-order valence-corrected chi connectivity index (χ0v) is 9.65. The molecular weight excluding hydrogens is 229 g/mol. The van der Waals surface area contributed by atoms with Gasteiger partial charge >= 0.3 is 0 Å². The molecule has 4 heteroatoms. The standard InChI is InChI=1S/C14H12FN3/c15-13-9-11(17)3-6-14(13)18-12-4-1-10(2-5-12)7-8-16/h1-6,9,18H,7,17H2. The van der Waals surface area contributed by atoms with Gasteiger partial charge in [-0.1, -0.05) is 12.1 Å². The monoisotopic (exact) mass is 241 g/mol. The van der Waals surface area contributed by atoms with Crippen LogP contribution < -0.4 is 11.1 Å². The van der Waals surface area contributed by atoms with Gasteiger partial charge in [-0.3, -0.25) is 0 Å². The van der Waals surface area contributed by atoms with Crippen LogP contribution in [-0.2, 0) is 6.42 Å². The Balaban J connectivity index is 2.16. The van der Waals surface area contributed by atoms with Crippen molar-refractivity contribution in [1.82, 2.24) is 0 Å². The summed E-state index contributed by atoms with van der Waals surface area (Å²) in [5, 5.41) is 11.5. The van der Waals surface area contributed by atoms with Gasteiger partial charge in [-0.2, -0.15) is 5.26 Å². The van der Waals surface area contributed by atoms with Crippen LogP contribution in [0.25, 0.3) is 0 Å². The lowest BCUT2D eigenvalue weighted by molar-refractivity contribution is 0.632. The molecule has 0 bridgehead atoms. The van der Waals surface area contributed by atoms with E-state index in [9.17, 15) is 4.39 Å². The number of halogens is 1. The summed E-state index contributed by atoms with van der Waals surface area (Å²) in [6.45, 7) is 0. The van der Waals surface area contributed by atoms with E-state index in [0.717, 1.165) is 11.3 Å². The van der Waals surface area contributed by atoms with Crippen molar-refractivity contribution in [2.75, 3.05) is 11.1 Å². The van der Waals surface area contributed by atoms with Gasteiger partial charge in [0.15, 0.2) is 0 Å². The summed E-state index contributed by atoms with van der Waals surface area (Å²) < 4.78 is 13.6. The molecule has 2 aromatic carbocycles. The van der Waals surface area contributed by atoms with Crippen LogP contribution in [-0.4, -0.2) is 0 Å². The molecule has 0 amide bonds. The fourth-order valence-corrected chi connectivity index (χ4v) is 1.59. The molecule has 0 saturated heterocycles. The van der Waals surface area contributed by atoms with E-state index in [1.165, 1.54) is 6.07 Å². The number of anilines is 3. The maximum atomic E-state index is 13.6. The average Bonchev–Trinajstić information content (AvgIpc) is 2.35. The largest absolute Gasteiger partial charge is 0.399 e. The summed E-state index contributed by atoms with van der Waals surface area (Å²) in [5.74, 6) is -0.392. The summed E-state index contributed by atoms with van der Waals surface area (Å²) in [6, 6.07) is 13.9. The first-order valence-electron chi connectivity index (χ1n) is 5.47. The SMILES string of the molecule is N#CCc1ccc(Nc2ccc(N)cc2F)cc1. The van der Waals surface area contributed by atoms with Crippen LogP contribution in [0.1, 0.15) is 5.56 Å². The Morgan fingerprint density at radius 2 is 1.89 bits per heavy atom. The number of benzene rings is 2. The number of hydrogen-bond acceptors (Lipinski definition) is 3. The molecular formula is C14H12FN3. The third-order valence-corrected chi connectivity index (χ3v) is 2.51. The second kappa shape index (κ2) is 5.19. The maximum absolute atomic E-state index is 13.6. The van der Waals surface area contributed by atoms with Crippen LogP contribution in [0.15, 0.2) is 42.5 Å². The molecule has 0 aliphatic rings. The van der Waals surface area contributed by atoms with Gasteiger partial charge in [-0.15, -0.1) is 0 Å². The molecule has 0 fully saturated rings. The highest BCUT2D eigenvalue weighted by atomic mass is 19.1. The van der Waals surface area contributed by atoms with E-state index < -0.39 is 5.82 Å². The second-order valence-corrected chi connectivity index (χ2v) is 3.90. The normalized spacial score (nSPS) is 9.78. The zero-order valence-electron chi connectivity index (χ0n) is 9.65. The minimum atomic E-state index is -0.392. The molecule has 0 aromatic heterocycles. The summed E-state index contributed by atoms with van der Waals surface area (Å²) in [4.78, 5) is 0. The van der Waals surface area contributed by atoms with Gasteiger partial charge in [0.05, 0.1) is 18.2 Å². The summed E-state index contributed by atoms with van der Waals surface area (Å²) >= 11 is 0. The van der Waals surface area contributed by atoms with Crippen molar-refractivity contribution in [3.05, 3.63) is 53.8 Å². The van der Waals surface area contributed by atoms with Crippen molar-refractivity contribution in [1.29, 1.82) is 5.26 Å². The van der Waals surface area contributed by atoms with Crippen molar-refractivity contribution < 1.29 is 4.39 Å². The van der Waals surface area contributed by atoms with Crippen LogP contribution in [0.3, 0.4) is 0 Å². The Hall–Kier alpha value is -2.54. The number of hydrogen-bond donors (Lipinski definition) is 2. The molecule has 0 spiro atoms. The second-order valence-electron chi connectivity index (χ2n) is 3.90. The molecule has 0 atom stereocenters. The van der Waals surface area contributed by atoms with E-state index in [-0.39, 0.29) is 0 Å². The first-order chi connectivity index (χ1) is 8.69. The molecule has 0 aliphatic heterocycles. The van der Waals surface area contributed by atoms with Crippen molar-refractivity contribution in [3.63, 3.8) is 0 Å². The van der Waals surface area contributed by atoms with E-state index in [1.54, 1.807) is 12.1 Å². The lowest BCUT2D eigenvalue weighted by Gasteiger charge is -2.08. The van der Waals surface area contributed by atoms with Gasteiger partial charge in [0.1, 0.15) is 5.82 Å². The van der Waals surface area contributed by atoms with Gasteiger partial charge in [-0.25, -0.2) is 4.39 Å². The third kappa shape index (κ3) is 2.77. The highest BCUT2D eigenvalue weighted by molar-refractivity contribution is 5.62. The predicted octanol–water partition coefficient (Wildman–Crippen LogP) is 3.22. The number of nitrogens with two attached hydrogens (primary N) is 1. The fraction of sp³-hybridized carbons (Fsp3) is 0.0714. The molecule has 18 heavy (non-hydrogen) atoms. The Morgan fingerprint density at radius 3 is 2.50 bits per heavy atom. The molecule has 0 heterocycles. The molecule has 0 unspecified atom stereocenters. The van der Waals surface area contributed by atoms with Crippen LogP contribution in [0.5, 0.6) is 0 Å². The van der Waals surface area contributed by atoms with Crippen molar-refractivity contribution >= 4 is 17.1 Å². The zero-order chi connectivity index (χ0) is 13.0. The van der Waals surface area contributed by atoms with E-state index >= 15 is 0 Å². The van der Waals surface area contributed by atoms with Crippen LogP contribution in [0, 0.1) is 17.1 Å². The lowest BCUT2D eigenvalue weighted by Crippen LogP contribution is -1.95. The van der Waals surface area contributed by atoms with Gasteiger partial charge in [0.25, 0.3) is 0 Å². The van der Waals surface area contributed by atoms with Gasteiger partial charge in [0.2, 0.25) is 0 Å². The minimum absolute atomic E-state index is 0.372. The maximum Gasteiger partial charge on any atom is 0.148 e. The highest BCUT2D eigenvalue weighted by Crippen LogP contribution is 2.22. The van der Waals surface area contributed by atoms with Gasteiger partial charge < -0.3 is 11.1 Å². The minimum Gasteiger partial charge on any atom is -0.399 e. The fourth-order valence-electron chi connectivity index (χ4n) is 1.59. The Kier molecular flexibility index (Phi) is 3.44. The number of nitrogens with zero attached hydrogens (tertiary/aromatic N) is 1. The molecule has 90 valence electrons. The Bertz CT molecular complexity index is 585. The smallest absolute Gasteiger partial charge is 0.148 e. The summed E-state index contributed by atoms with van der Waals surface area (Å²) in [7, 11) is 0. The summed E-state index contributed by atoms with van der Waals surface area (Å²) in [6.07, 6.45) is 0.372. The van der Waals surface area contributed by atoms with E-state index in [1.807, 2.05) is 24.3 Å². The van der Waals surface area contributed by atoms with Crippen LogP contribution in [0.2, 0.25) is 0 Å². The molecule has 2 aromatic rings. The number of nitrogens with one attached hydrogen (secondary N) is 1. The molecule has 0 saturated carbocycles. The predicted molar refractivity (Wildman–Crippen MR) is 69.9 cm³/mol. The number of nitriles is 1. The average molecular weight is 241 g/mol. The Labute approximate surface area is 105 Å². The van der Waals surface area contributed by atoms with Gasteiger partial charge in [0, 0.05) is 11.4 Å². The molecule has 0 radical (unpaired) electrons. The van der Waals surface area contributed by atoms with E-state index in [4.69, 9.17) is 11.0 Å². The third-order valence-electron chi connectivity index (χ3n) is 2.51. The van der Waals surface area contributed by atoms with Crippen LogP contribution in [0.4, 0.5) is 21.5 Å². The molecule has 3 N–H and O–H groups in total. The lowest BCUT2D eigenvalue weighted by atomic mass is 10.1. The highest BCUT2D eigenvalue weighted by Gasteiger charge is 2.02. The topological polar surface area (TPSA) is 61.8 Å². The van der Waals surface area contributed by atoms with Crippen molar-refractivity contribution in [2.45, 2.75) is 6.42 Å². The molecule has 0 aliphatic carbocycles. The molecule has 3 nitrogen and oxygen atoms in total. The Morgan fingerprint density at radius 1 is 1.17 bits per heavy atom. The van der Waals surface area contributed by atoms with Crippen LogP contribution >= 0.6 is 0 Å². The molecule has 2 rings (SSSR count). The quantitative estimate of drug-likeness (QED) is 0.811. The summed E-state index contributed by atoms with van der Waals surface area (Å²) in [5.41, 5.74) is 7.93. The van der Waals surface area contributed by atoms with Gasteiger partial charge in [-0.05, 0) is 35.9 Å². The van der Waals surface area contributed by atoms with E-state index in [0.29, 0.717) is 17.8 Å². The van der Waals surface area contributed by atoms with E-state index in [2.05, 4.69) is 11.4 Å². The first-order valence-corrected chi connectivity index (χ1v) is 5.47. The first kappa shape index (κ1) is 11.9. The number of nitrogen functional groups attached to an aromatic ring is 1. The van der Waals surface area contributed by atoms with Crippen molar-refractivity contribution in [3.8, 4) is 6.07 Å². The number of rotatable bonds is 3. The van der Waals surface area contributed by atoms with Crippen molar-refractivity contribution in [2.24, 2.45) is 0 Å².